The van der Waals surface area contributed by atoms with E-state index in [4.69, 9.17) is 5.73 Å². The van der Waals surface area contributed by atoms with Crippen LogP contribution in [0.25, 0.3) is 0 Å². The van der Waals surface area contributed by atoms with Crippen molar-refractivity contribution in [2.24, 2.45) is 17.6 Å². The second kappa shape index (κ2) is 3.21. The average Bonchev–Trinajstić information content (AvgIpc) is 2.34. The third-order valence-electron chi connectivity index (χ3n) is 2.56. The summed E-state index contributed by atoms with van der Waals surface area (Å²) >= 11 is 0. The minimum atomic E-state index is 0.856. The molecule has 1 unspecified atom stereocenters. The van der Waals surface area contributed by atoms with Crippen LogP contribution in [0, 0.1) is 11.8 Å². The van der Waals surface area contributed by atoms with Crippen LogP contribution in [0.4, 0.5) is 0 Å². The van der Waals surface area contributed by atoms with E-state index in [9.17, 15) is 0 Å². The number of rotatable bonds is 2. The normalized spacial score (nSPS) is 35.3. The second-order valence-corrected chi connectivity index (χ2v) is 3.19. The molecule has 9 heavy (non-hydrogen) atoms. The highest BCUT2D eigenvalue weighted by molar-refractivity contribution is 4.74. The van der Waals surface area contributed by atoms with Gasteiger partial charge in [-0.15, -0.1) is 0 Å². The molecule has 0 radical (unpaired) electrons. The zero-order chi connectivity index (χ0) is 6.69. The van der Waals surface area contributed by atoms with Gasteiger partial charge in [-0.25, -0.2) is 0 Å². The Labute approximate surface area is 57.6 Å². The van der Waals surface area contributed by atoms with Crippen LogP contribution in [-0.4, -0.2) is 6.54 Å². The molecule has 0 aromatic rings. The Balaban J connectivity index is 2.20. The number of nitrogens with two attached hydrogens (primary N) is 1. The van der Waals surface area contributed by atoms with Crippen molar-refractivity contribution in [3.05, 3.63) is 0 Å². The molecular weight excluding hydrogens is 110 g/mol. The Morgan fingerprint density at radius 1 is 1.33 bits per heavy atom. The monoisotopic (exact) mass is 127 g/mol. The van der Waals surface area contributed by atoms with Crippen LogP contribution >= 0.6 is 0 Å². The Morgan fingerprint density at radius 3 is 2.33 bits per heavy atom. The molecule has 1 nitrogen and oxygen atoms in total. The van der Waals surface area contributed by atoms with E-state index in [1.54, 1.807) is 0 Å². The summed E-state index contributed by atoms with van der Waals surface area (Å²) < 4.78 is 0. The van der Waals surface area contributed by atoms with Crippen molar-refractivity contribution in [3.63, 3.8) is 0 Å². The SMILES string of the molecule is CCC1CC[C@H](CN)C1. The molecule has 1 aliphatic rings. The Kier molecular flexibility index (Phi) is 2.52. The van der Waals surface area contributed by atoms with Crippen LogP contribution < -0.4 is 5.73 Å². The van der Waals surface area contributed by atoms with Gasteiger partial charge >= 0.3 is 0 Å². The summed E-state index contributed by atoms with van der Waals surface area (Å²) in [7, 11) is 0. The van der Waals surface area contributed by atoms with Gasteiger partial charge in [0.15, 0.2) is 0 Å². The van der Waals surface area contributed by atoms with E-state index in [-0.39, 0.29) is 0 Å². The lowest BCUT2D eigenvalue weighted by Crippen LogP contribution is -2.10. The van der Waals surface area contributed by atoms with E-state index in [0.29, 0.717) is 0 Å². The summed E-state index contributed by atoms with van der Waals surface area (Å²) in [6.07, 6.45) is 5.57. The van der Waals surface area contributed by atoms with Crippen molar-refractivity contribution < 1.29 is 0 Å². The van der Waals surface area contributed by atoms with Gasteiger partial charge < -0.3 is 5.73 Å². The molecule has 1 saturated carbocycles. The lowest BCUT2D eigenvalue weighted by atomic mass is 10.0. The summed E-state index contributed by atoms with van der Waals surface area (Å²) in [5, 5.41) is 0. The zero-order valence-corrected chi connectivity index (χ0v) is 6.27. The predicted octanol–water partition coefficient (Wildman–Crippen LogP) is 1.77. The first kappa shape index (κ1) is 7.07. The molecule has 2 atom stereocenters. The van der Waals surface area contributed by atoms with E-state index in [2.05, 4.69) is 6.92 Å². The molecule has 0 bridgehead atoms. The second-order valence-electron chi connectivity index (χ2n) is 3.19. The van der Waals surface area contributed by atoms with Gasteiger partial charge in [0.1, 0.15) is 0 Å². The van der Waals surface area contributed by atoms with Crippen molar-refractivity contribution in [1.82, 2.24) is 0 Å². The maximum Gasteiger partial charge on any atom is -0.00488 e. The van der Waals surface area contributed by atoms with Gasteiger partial charge in [0, 0.05) is 0 Å². The van der Waals surface area contributed by atoms with Gasteiger partial charge in [0.05, 0.1) is 0 Å². The molecule has 0 aromatic heterocycles. The molecule has 1 rings (SSSR count). The first-order valence-corrected chi connectivity index (χ1v) is 4.06. The quantitative estimate of drug-likeness (QED) is 0.601. The summed E-state index contributed by atoms with van der Waals surface area (Å²) in [5.41, 5.74) is 5.55. The van der Waals surface area contributed by atoms with Crippen LogP contribution in [0.5, 0.6) is 0 Å². The molecule has 0 amide bonds. The van der Waals surface area contributed by atoms with E-state index >= 15 is 0 Å². The third-order valence-corrected chi connectivity index (χ3v) is 2.56. The van der Waals surface area contributed by atoms with Crippen molar-refractivity contribution >= 4 is 0 Å². The van der Waals surface area contributed by atoms with Crippen molar-refractivity contribution in [3.8, 4) is 0 Å². The summed E-state index contributed by atoms with van der Waals surface area (Å²) in [6, 6.07) is 0. The predicted molar refractivity (Wildman–Crippen MR) is 40.2 cm³/mol. The minimum absolute atomic E-state index is 0.856. The summed E-state index contributed by atoms with van der Waals surface area (Å²) in [5.74, 6) is 1.86. The molecule has 1 aliphatic carbocycles. The van der Waals surface area contributed by atoms with Crippen molar-refractivity contribution in [2.45, 2.75) is 32.6 Å². The molecule has 0 saturated heterocycles. The third kappa shape index (κ3) is 1.68. The van der Waals surface area contributed by atoms with E-state index < -0.39 is 0 Å². The first-order chi connectivity index (χ1) is 4.36. The van der Waals surface area contributed by atoms with E-state index in [1.165, 1.54) is 25.7 Å². The van der Waals surface area contributed by atoms with E-state index in [1.807, 2.05) is 0 Å². The highest BCUT2D eigenvalue weighted by Crippen LogP contribution is 2.31. The number of hydrogen-bond donors (Lipinski definition) is 1. The molecule has 1 fully saturated rings. The fourth-order valence-electron chi connectivity index (χ4n) is 1.76. The van der Waals surface area contributed by atoms with Crippen LogP contribution in [0.1, 0.15) is 32.6 Å². The van der Waals surface area contributed by atoms with Gasteiger partial charge in [0.25, 0.3) is 0 Å². The fraction of sp³-hybridized carbons (Fsp3) is 1.00. The number of hydrogen-bond acceptors (Lipinski definition) is 1. The molecule has 0 heterocycles. The topological polar surface area (TPSA) is 26.0 Å². The molecule has 0 aromatic carbocycles. The van der Waals surface area contributed by atoms with Gasteiger partial charge in [-0.05, 0) is 31.2 Å². The van der Waals surface area contributed by atoms with Crippen LogP contribution in [0.2, 0.25) is 0 Å². The standard InChI is InChI=1S/C8H17N/c1-2-7-3-4-8(5-7)6-9/h7-8H,2-6,9H2,1H3/t7?,8-/m0/s1. The smallest absolute Gasteiger partial charge is 0.00488 e. The maximum atomic E-state index is 5.55. The molecule has 54 valence electrons. The highest BCUT2D eigenvalue weighted by atomic mass is 14.6. The van der Waals surface area contributed by atoms with Crippen LogP contribution in [0.15, 0.2) is 0 Å². The van der Waals surface area contributed by atoms with Crippen molar-refractivity contribution in [2.75, 3.05) is 6.54 Å². The van der Waals surface area contributed by atoms with E-state index in [0.717, 1.165) is 18.4 Å². The zero-order valence-electron chi connectivity index (χ0n) is 6.27. The van der Waals surface area contributed by atoms with Gasteiger partial charge in [0.2, 0.25) is 0 Å². The van der Waals surface area contributed by atoms with Crippen molar-refractivity contribution in [1.29, 1.82) is 0 Å². The molecule has 0 aliphatic heterocycles. The largest absolute Gasteiger partial charge is 0.330 e. The Morgan fingerprint density at radius 2 is 2.00 bits per heavy atom. The molecule has 2 N–H and O–H groups in total. The van der Waals surface area contributed by atoms with Crippen LogP contribution in [-0.2, 0) is 0 Å². The van der Waals surface area contributed by atoms with Gasteiger partial charge in [-0.3, -0.25) is 0 Å². The summed E-state index contributed by atoms with van der Waals surface area (Å²) in [4.78, 5) is 0. The molecule has 0 spiro atoms. The average molecular weight is 127 g/mol. The highest BCUT2D eigenvalue weighted by Gasteiger charge is 2.21. The lowest BCUT2D eigenvalue weighted by Gasteiger charge is -2.05. The first-order valence-electron chi connectivity index (χ1n) is 4.06. The fourth-order valence-corrected chi connectivity index (χ4v) is 1.76. The lowest BCUT2D eigenvalue weighted by molar-refractivity contribution is 0.486. The molecule has 1 heteroatoms. The Hall–Kier alpha value is -0.0400. The minimum Gasteiger partial charge on any atom is -0.330 e. The van der Waals surface area contributed by atoms with Crippen LogP contribution in [0.3, 0.4) is 0 Å². The van der Waals surface area contributed by atoms with Gasteiger partial charge in [-0.1, -0.05) is 19.8 Å². The van der Waals surface area contributed by atoms with Gasteiger partial charge in [-0.2, -0.15) is 0 Å². The maximum absolute atomic E-state index is 5.55. The summed E-state index contributed by atoms with van der Waals surface area (Å²) in [6.45, 7) is 3.19. The Bertz CT molecular complexity index is 70.6. The molecular formula is C8H17N.